The summed E-state index contributed by atoms with van der Waals surface area (Å²) in [4.78, 5) is 45.6. The van der Waals surface area contributed by atoms with Gasteiger partial charge in [-0.1, -0.05) is 42.5 Å². The summed E-state index contributed by atoms with van der Waals surface area (Å²) in [6.45, 7) is 3.08. The first-order valence-corrected chi connectivity index (χ1v) is 17.8. The van der Waals surface area contributed by atoms with E-state index in [1.54, 1.807) is 12.1 Å². The Morgan fingerprint density at radius 2 is 1.57 bits per heavy atom. The molecule has 1 aliphatic carbocycles. The van der Waals surface area contributed by atoms with Crippen LogP contribution in [0.25, 0.3) is 0 Å². The zero-order valence-corrected chi connectivity index (χ0v) is 27.7. The van der Waals surface area contributed by atoms with E-state index in [2.05, 4.69) is 22.3 Å². The highest BCUT2D eigenvalue weighted by molar-refractivity contribution is 7.89. The quantitative estimate of drug-likeness (QED) is 0.427. The topological polar surface area (TPSA) is 110 Å². The summed E-state index contributed by atoms with van der Waals surface area (Å²) in [5.41, 5.74) is 0.814. The molecule has 0 bridgehead atoms. The number of rotatable bonds is 8. The number of imide groups is 1. The molecule has 3 saturated heterocycles. The highest BCUT2D eigenvalue weighted by Crippen LogP contribution is 2.40. The molecule has 1 spiro atoms. The number of hydrogen-bond donors (Lipinski definition) is 1. The van der Waals surface area contributed by atoms with E-state index in [1.807, 2.05) is 23.1 Å². The molecule has 0 radical (unpaired) electrons. The Kier molecular flexibility index (Phi) is 9.18. The summed E-state index contributed by atoms with van der Waals surface area (Å²) < 4.78 is 53.5. The molecule has 13 heteroatoms. The number of nitrogens with one attached hydrogen (secondary N) is 1. The van der Waals surface area contributed by atoms with Gasteiger partial charge in [-0.25, -0.2) is 26.3 Å². The van der Waals surface area contributed by atoms with Crippen molar-refractivity contribution in [3.8, 4) is 0 Å². The van der Waals surface area contributed by atoms with Crippen LogP contribution in [0.2, 0.25) is 0 Å². The van der Waals surface area contributed by atoms with Gasteiger partial charge in [-0.05, 0) is 54.9 Å². The number of benzene rings is 2. The van der Waals surface area contributed by atoms with E-state index in [9.17, 15) is 31.6 Å². The van der Waals surface area contributed by atoms with Crippen molar-refractivity contribution in [2.24, 2.45) is 11.8 Å². The van der Waals surface area contributed by atoms with Crippen molar-refractivity contribution in [3.63, 3.8) is 0 Å². The zero-order chi connectivity index (χ0) is 33.6. The molecule has 2 atom stereocenters. The molecular formula is C34H43F2N5O5S. The molecule has 0 aromatic heterocycles. The number of carbonyl (C=O) groups excluding carboxylic acids is 3. The van der Waals surface area contributed by atoms with Crippen LogP contribution in [0.4, 0.5) is 13.6 Å². The van der Waals surface area contributed by atoms with Crippen LogP contribution in [0.5, 0.6) is 0 Å². The Morgan fingerprint density at radius 1 is 0.936 bits per heavy atom. The molecule has 0 unspecified atom stereocenters. The fourth-order valence-corrected chi connectivity index (χ4v) is 8.53. The average Bonchev–Trinajstić information content (AvgIpc) is 3.57. The van der Waals surface area contributed by atoms with Crippen LogP contribution >= 0.6 is 0 Å². The van der Waals surface area contributed by atoms with Crippen LogP contribution in [0.15, 0.2) is 59.5 Å². The van der Waals surface area contributed by atoms with E-state index in [0.29, 0.717) is 44.6 Å². The van der Waals surface area contributed by atoms with E-state index in [1.165, 1.54) is 31.1 Å². The number of urea groups is 1. The van der Waals surface area contributed by atoms with E-state index < -0.39 is 27.5 Å². The summed E-state index contributed by atoms with van der Waals surface area (Å²) in [7, 11) is -0.678. The van der Waals surface area contributed by atoms with E-state index in [4.69, 9.17) is 0 Å². The van der Waals surface area contributed by atoms with Gasteiger partial charge in [-0.15, -0.1) is 0 Å². The van der Waals surface area contributed by atoms with Gasteiger partial charge in [-0.2, -0.15) is 0 Å². The highest BCUT2D eigenvalue weighted by atomic mass is 32.2. The molecule has 4 aliphatic rings. The van der Waals surface area contributed by atoms with E-state index in [0.717, 1.165) is 16.4 Å². The van der Waals surface area contributed by atoms with Gasteiger partial charge in [-0.3, -0.25) is 14.5 Å². The van der Waals surface area contributed by atoms with Gasteiger partial charge in [0.05, 0.1) is 11.4 Å². The second-order valence-electron chi connectivity index (χ2n) is 13.8. The minimum atomic E-state index is -3.59. The van der Waals surface area contributed by atoms with Gasteiger partial charge in [0.2, 0.25) is 21.9 Å². The van der Waals surface area contributed by atoms with Crippen molar-refractivity contribution in [3.05, 3.63) is 65.7 Å². The zero-order valence-electron chi connectivity index (χ0n) is 26.9. The smallest absolute Gasteiger partial charge is 0.325 e. The van der Waals surface area contributed by atoms with Crippen LogP contribution in [0.1, 0.15) is 55.6 Å². The molecule has 4 amide bonds. The van der Waals surface area contributed by atoms with Gasteiger partial charge >= 0.3 is 6.03 Å². The molecule has 2 aromatic rings. The van der Waals surface area contributed by atoms with Gasteiger partial charge in [0.15, 0.2) is 0 Å². The van der Waals surface area contributed by atoms with Crippen LogP contribution in [0.3, 0.4) is 0 Å². The first-order chi connectivity index (χ1) is 22.3. The van der Waals surface area contributed by atoms with Gasteiger partial charge in [0, 0.05) is 71.5 Å². The summed E-state index contributed by atoms with van der Waals surface area (Å²) in [5, 5.41) is 2.95. The van der Waals surface area contributed by atoms with E-state index in [-0.39, 0.29) is 66.7 Å². The molecule has 1 saturated carbocycles. The summed E-state index contributed by atoms with van der Waals surface area (Å²) in [6.07, 6.45) is 0.873. The molecule has 10 nitrogen and oxygen atoms in total. The highest BCUT2D eigenvalue weighted by Gasteiger charge is 2.52. The second-order valence-corrected chi connectivity index (χ2v) is 15.9. The van der Waals surface area contributed by atoms with Crippen molar-refractivity contribution in [1.29, 1.82) is 0 Å². The van der Waals surface area contributed by atoms with Crippen molar-refractivity contribution < 1.29 is 31.6 Å². The number of halogens is 2. The Bertz CT molecular complexity index is 1590. The standard InChI is InChI=1S/C34H43F2N5O5S/c1-38(2)47(45,46)28-10-8-24(9-11-28)20-41-31(43)33(37-32(41)44)16-18-39(19-17-33)21-27-22-40(23-29(27)25-6-4-3-5-7-25)30(42)26-12-14-34(35,36)15-13-26/h3-11,26-27,29H,12-23H2,1-2H3,(H,37,44)/t27-,29+/m0/s1. The molecule has 47 heavy (non-hydrogen) atoms. The van der Waals surface area contributed by atoms with Crippen molar-refractivity contribution in [1.82, 2.24) is 24.3 Å². The Morgan fingerprint density at radius 3 is 2.19 bits per heavy atom. The maximum Gasteiger partial charge on any atom is 0.325 e. The normalized spacial score (nSPS) is 25.1. The Labute approximate surface area is 275 Å². The number of nitrogens with zero attached hydrogens (tertiary/aromatic N) is 4. The lowest BCUT2D eigenvalue weighted by atomic mass is 9.85. The second kappa shape index (κ2) is 12.9. The van der Waals surface area contributed by atoms with Crippen LogP contribution < -0.4 is 5.32 Å². The summed E-state index contributed by atoms with van der Waals surface area (Å²) >= 11 is 0. The number of carbonyl (C=O) groups is 3. The predicted molar refractivity (Wildman–Crippen MR) is 171 cm³/mol. The molecular weight excluding hydrogens is 628 g/mol. The van der Waals surface area contributed by atoms with Crippen LogP contribution in [-0.2, 0) is 26.2 Å². The lowest BCUT2D eigenvalue weighted by Gasteiger charge is -2.39. The molecule has 2 aromatic carbocycles. The number of amides is 4. The van der Waals surface area contributed by atoms with Gasteiger partial charge in [0.25, 0.3) is 5.91 Å². The van der Waals surface area contributed by atoms with Crippen molar-refractivity contribution >= 4 is 27.9 Å². The summed E-state index contributed by atoms with van der Waals surface area (Å²) in [6, 6.07) is 15.8. The average molecular weight is 672 g/mol. The Hall–Kier alpha value is -3.42. The number of likely N-dealkylation sites (tertiary alicyclic amines) is 2. The SMILES string of the molecule is CN(C)S(=O)(=O)c1ccc(CN2C(=O)NC3(CCN(C[C@H]4CN(C(=O)C5CCC(F)(F)CC5)C[C@@H]4c4ccccc4)CC3)C2=O)cc1. The number of hydrogen-bond acceptors (Lipinski definition) is 6. The predicted octanol–water partition coefficient (Wildman–Crippen LogP) is 3.89. The van der Waals surface area contributed by atoms with E-state index >= 15 is 0 Å². The molecule has 1 N–H and O–H groups in total. The molecule has 4 fully saturated rings. The van der Waals surface area contributed by atoms with Gasteiger partial charge in [0.1, 0.15) is 5.54 Å². The molecule has 254 valence electrons. The summed E-state index contributed by atoms with van der Waals surface area (Å²) in [5.74, 6) is -3.07. The largest absolute Gasteiger partial charge is 0.341 e. The first kappa shape index (κ1) is 33.5. The first-order valence-electron chi connectivity index (χ1n) is 16.4. The van der Waals surface area contributed by atoms with Crippen LogP contribution in [-0.4, -0.2) is 104 Å². The monoisotopic (exact) mass is 671 g/mol. The van der Waals surface area contributed by atoms with Crippen LogP contribution in [0, 0.1) is 11.8 Å². The molecule has 6 rings (SSSR count). The molecule has 3 heterocycles. The minimum absolute atomic E-state index is 0.0187. The van der Waals surface area contributed by atoms with Crippen molar-refractivity contribution in [2.75, 3.05) is 46.8 Å². The maximum atomic E-state index is 13.8. The third kappa shape index (κ3) is 6.80. The fraction of sp³-hybridized carbons (Fsp3) is 0.559. The van der Waals surface area contributed by atoms with Gasteiger partial charge < -0.3 is 15.1 Å². The van der Waals surface area contributed by atoms with Crippen molar-refractivity contribution in [2.45, 2.75) is 67.3 Å². The third-order valence-corrected chi connectivity index (χ3v) is 12.4. The number of sulfonamides is 1. The maximum absolute atomic E-state index is 13.8. The fourth-order valence-electron chi connectivity index (χ4n) is 7.63. The number of alkyl halides is 2. The lowest BCUT2D eigenvalue weighted by molar-refractivity contribution is -0.139. The Balaban J connectivity index is 1.08. The lowest BCUT2D eigenvalue weighted by Crippen LogP contribution is -2.55. The third-order valence-electron chi connectivity index (χ3n) is 10.5. The molecule has 3 aliphatic heterocycles. The minimum Gasteiger partial charge on any atom is -0.341 e. The number of piperidine rings is 1.